The van der Waals surface area contributed by atoms with Crippen molar-refractivity contribution in [3.05, 3.63) is 53.6 Å². The van der Waals surface area contributed by atoms with Crippen molar-refractivity contribution >= 4 is 25.9 Å². The van der Waals surface area contributed by atoms with Crippen molar-refractivity contribution in [2.45, 2.75) is 69.7 Å². The first-order valence-corrected chi connectivity index (χ1v) is 20.2. The van der Waals surface area contributed by atoms with Crippen LogP contribution in [0.15, 0.2) is 47.4 Å². The van der Waals surface area contributed by atoms with Gasteiger partial charge in [0.1, 0.15) is 5.75 Å². The van der Waals surface area contributed by atoms with Crippen LogP contribution in [0, 0.1) is 11.8 Å². The minimum Gasteiger partial charge on any atom is -0.496 e. The summed E-state index contributed by atoms with van der Waals surface area (Å²) < 4.78 is 67.2. The molecule has 2 fully saturated rings. The highest BCUT2D eigenvalue weighted by Gasteiger charge is 2.35. The fourth-order valence-corrected chi connectivity index (χ4v) is 10.9. The third-order valence-corrected chi connectivity index (χ3v) is 13.9. The van der Waals surface area contributed by atoms with E-state index in [1.165, 1.54) is 32.1 Å². The Labute approximate surface area is 283 Å². The second-order valence-electron chi connectivity index (χ2n) is 13.9. The molecule has 5 rings (SSSR count). The molecule has 0 aromatic heterocycles. The molecule has 2 aromatic rings. The van der Waals surface area contributed by atoms with Crippen molar-refractivity contribution in [2.75, 3.05) is 78.5 Å². The predicted octanol–water partition coefficient (Wildman–Crippen LogP) is 4.67. The minimum atomic E-state index is -3.80. The van der Waals surface area contributed by atoms with Gasteiger partial charge in [-0.2, -0.15) is 21.3 Å². The van der Waals surface area contributed by atoms with Crippen LogP contribution >= 0.6 is 0 Å². The third-order valence-electron chi connectivity index (χ3n) is 10.1. The van der Waals surface area contributed by atoms with Crippen LogP contribution in [0.4, 0.5) is 5.69 Å². The Morgan fingerprint density at radius 3 is 2.11 bits per heavy atom. The van der Waals surface area contributed by atoms with Gasteiger partial charge in [-0.15, -0.1) is 0 Å². The molecule has 0 unspecified atom stereocenters. The molecule has 47 heavy (non-hydrogen) atoms. The zero-order valence-electron chi connectivity index (χ0n) is 28.8. The van der Waals surface area contributed by atoms with Crippen molar-refractivity contribution in [3.8, 4) is 5.75 Å². The molecule has 0 spiro atoms. The van der Waals surface area contributed by atoms with Crippen LogP contribution in [0.5, 0.6) is 5.75 Å². The second-order valence-corrected chi connectivity index (χ2v) is 17.8. The number of hydrogen-bond donors (Lipinski definition) is 0. The van der Waals surface area contributed by atoms with E-state index >= 15 is 0 Å². The smallest absolute Gasteiger partial charge is 0.282 e. The number of fused-ring (bicyclic) bond motifs is 1. The van der Waals surface area contributed by atoms with Crippen LogP contribution in [0.2, 0.25) is 0 Å². The van der Waals surface area contributed by atoms with Crippen LogP contribution in [0.1, 0.15) is 63.0 Å². The molecule has 10 nitrogen and oxygen atoms in total. The van der Waals surface area contributed by atoms with Gasteiger partial charge < -0.3 is 14.5 Å². The summed E-state index contributed by atoms with van der Waals surface area (Å²) >= 11 is 0. The van der Waals surface area contributed by atoms with Gasteiger partial charge in [0.25, 0.3) is 10.2 Å². The molecule has 2 aromatic carbocycles. The van der Waals surface area contributed by atoms with Crippen LogP contribution in [-0.2, 0) is 33.2 Å². The highest BCUT2D eigenvalue weighted by molar-refractivity contribution is 7.89. The maximum atomic E-state index is 14.3. The quantitative estimate of drug-likeness (QED) is 0.398. The molecule has 1 saturated carbocycles. The van der Waals surface area contributed by atoms with Gasteiger partial charge >= 0.3 is 0 Å². The fourth-order valence-electron chi connectivity index (χ4n) is 7.50. The van der Waals surface area contributed by atoms with Gasteiger partial charge in [-0.1, -0.05) is 38.3 Å². The number of sulfonamides is 1. The number of benzene rings is 2. The Hall–Kier alpha value is -2.22. The average molecular weight is 690 g/mol. The monoisotopic (exact) mass is 689 g/mol. The van der Waals surface area contributed by atoms with E-state index in [0.717, 1.165) is 55.0 Å². The van der Waals surface area contributed by atoms with E-state index in [9.17, 15) is 16.8 Å². The lowest BCUT2D eigenvalue weighted by atomic mass is 9.89. The second kappa shape index (κ2) is 16.0. The Morgan fingerprint density at radius 2 is 1.45 bits per heavy atom. The van der Waals surface area contributed by atoms with Crippen LogP contribution < -0.4 is 9.64 Å². The largest absolute Gasteiger partial charge is 0.496 e. The number of methoxy groups -OCH3 is 1. The molecular weight excluding hydrogens is 635 g/mol. The molecule has 2 heterocycles. The highest BCUT2D eigenvalue weighted by atomic mass is 32.2. The summed E-state index contributed by atoms with van der Waals surface area (Å²) in [4.78, 5) is 4.68. The lowest BCUT2D eigenvalue weighted by Gasteiger charge is -2.36. The molecule has 0 bridgehead atoms. The van der Waals surface area contributed by atoms with Gasteiger partial charge in [-0.05, 0) is 98.5 Å². The van der Waals surface area contributed by atoms with E-state index in [2.05, 4.69) is 4.90 Å². The van der Waals surface area contributed by atoms with E-state index in [1.54, 1.807) is 32.2 Å². The average Bonchev–Trinajstić information content (AvgIpc) is 3.06. The normalized spacial score (nSPS) is 22.6. The van der Waals surface area contributed by atoms with E-state index in [1.807, 2.05) is 56.3 Å². The number of nitrogens with zero attached hydrogens (tertiary/aromatic N) is 5. The summed E-state index contributed by atoms with van der Waals surface area (Å²) in [5.74, 6) is 1.25. The molecular formula is C35H55N5O5S2. The van der Waals surface area contributed by atoms with E-state index in [-0.39, 0.29) is 23.9 Å². The summed E-state index contributed by atoms with van der Waals surface area (Å²) in [6.07, 6.45) is 8.40. The molecule has 1 saturated heterocycles. The first kappa shape index (κ1) is 36.1. The maximum absolute atomic E-state index is 14.3. The Kier molecular flexibility index (Phi) is 12.3. The summed E-state index contributed by atoms with van der Waals surface area (Å²) in [5, 5.41) is 0. The fraction of sp³-hybridized carbons (Fsp3) is 0.657. The van der Waals surface area contributed by atoms with Crippen molar-refractivity contribution in [1.29, 1.82) is 0 Å². The molecule has 262 valence electrons. The van der Waals surface area contributed by atoms with Crippen LogP contribution in [0.25, 0.3) is 0 Å². The molecule has 0 radical (unpaired) electrons. The van der Waals surface area contributed by atoms with Gasteiger partial charge in [0, 0.05) is 65.6 Å². The molecule has 0 amide bonds. The van der Waals surface area contributed by atoms with Gasteiger partial charge in [0.2, 0.25) is 10.0 Å². The molecule has 2 aliphatic heterocycles. The Balaban J connectivity index is 1.39. The molecule has 3 aliphatic rings. The molecule has 1 aliphatic carbocycles. The topological polar surface area (TPSA) is 93.7 Å². The van der Waals surface area contributed by atoms with E-state index in [4.69, 9.17) is 4.74 Å². The zero-order chi connectivity index (χ0) is 33.6. The van der Waals surface area contributed by atoms with Gasteiger partial charge in [-0.3, -0.25) is 0 Å². The highest BCUT2D eigenvalue weighted by Crippen LogP contribution is 2.31. The predicted molar refractivity (Wildman–Crippen MR) is 189 cm³/mol. The number of anilines is 1. The van der Waals surface area contributed by atoms with Crippen molar-refractivity contribution in [1.82, 2.24) is 17.8 Å². The third kappa shape index (κ3) is 8.88. The minimum absolute atomic E-state index is 0.199. The molecule has 12 heteroatoms. The standard InChI is InChI=1S/C35H55N5O5S2/c1-29-25-38(46(41,42)33-17-15-32(16-18-33)36(2)3)22-9-20-37(27-30-11-6-5-7-12-30)21-10-23-39(26-29)47(43,44)40-24-19-34-31(28-40)13-8-14-35(34)45-4/h8,13-18,29-30H,5-7,9-12,19-28H2,1-4H3/t29-/m0/s1. The summed E-state index contributed by atoms with van der Waals surface area (Å²) in [6, 6.07) is 12.8. The Morgan fingerprint density at radius 1 is 0.787 bits per heavy atom. The van der Waals surface area contributed by atoms with E-state index in [0.29, 0.717) is 38.5 Å². The number of ether oxygens (including phenoxy) is 1. The number of hydrogen-bond acceptors (Lipinski definition) is 7. The summed E-state index contributed by atoms with van der Waals surface area (Å²) in [5.41, 5.74) is 2.98. The van der Waals surface area contributed by atoms with Crippen LogP contribution in [-0.4, -0.2) is 108 Å². The maximum Gasteiger partial charge on any atom is 0.282 e. The SMILES string of the molecule is COc1cccc2c1CCN(S(=O)(=O)N1CCCN(CC3CCCCC3)CCCN(S(=O)(=O)c3ccc(N(C)C)cc3)C[C@H](C)C1)C2. The summed E-state index contributed by atoms with van der Waals surface area (Å²) in [7, 11) is -2.06. The first-order chi connectivity index (χ1) is 22.5. The van der Waals surface area contributed by atoms with Crippen molar-refractivity contribution < 1.29 is 21.6 Å². The zero-order valence-corrected chi connectivity index (χ0v) is 30.4. The lowest BCUT2D eigenvalue weighted by molar-refractivity contribution is 0.179. The van der Waals surface area contributed by atoms with Gasteiger partial charge in [0.15, 0.2) is 0 Å². The summed E-state index contributed by atoms with van der Waals surface area (Å²) in [6.45, 7) is 6.59. The molecule has 0 N–H and O–H groups in total. The van der Waals surface area contributed by atoms with Crippen molar-refractivity contribution in [3.63, 3.8) is 0 Å². The lowest BCUT2D eigenvalue weighted by Crippen LogP contribution is -2.49. The van der Waals surface area contributed by atoms with Crippen LogP contribution in [0.3, 0.4) is 0 Å². The van der Waals surface area contributed by atoms with Gasteiger partial charge in [0.05, 0.1) is 12.0 Å². The Bertz CT molecular complexity index is 1530. The van der Waals surface area contributed by atoms with Crippen molar-refractivity contribution in [2.24, 2.45) is 11.8 Å². The van der Waals surface area contributed by atoms with Gasteiger partial charge in [-0.25, -0.2) is 8.42 Å². The first-order valence-electron chi connectivity index (χ1n) is 17.4. The molecule has 1 atom stereocenters. The van der Waals surface area contributed by atoms with E-state index < -0.39 is 20.2 Å². The number of rotatable bonds is 8.